The van der Waals surface area contributed by atoms with Crippen LogP contribution in [-0.2, 0) is 15.5 Å². The van der Waals surface area contributed by atoms with Crippen LogP contribution in [0.2, 0.25) is 0 Å². The van der Waals surface area contributed by atoms with Crippen LogP contribution in [0.4, 0.5) is 18.9 Å². The lowest BCUT2D eigenvalue weighted by molar-refractivity contribution is -0.172. The predicted octanol–water partition coefficient (Wildman–Crippen LogP) is 2.72. The third kappa shape index (κ3) is 5.36. The van der Waals surface area contributed by atoms with Gasteiger partial charge in [-0.25, -0.2) is 0 Å². The molecule has 1 rings (SSSR count). The maximum absolute atomic E-state index is 11.8. The molecule has 1 atom stereocenters. The molecule has 18 heavy (non-hydrogen) atoms. The number of halogens is 4. The van der Waals surface area contributed by atoms with Crippen molar-refractivity contribution >= 4 is 32.4 Å². The number of alkyl halides is 3. The SMILES string of the molecule is Nc1ccc(Br)cc1S(=O)CCOCC(F)(F)F. The number of rotatable bonds is 5. The molecule has 3 nitrogen and oxygen atoms in total. The minimum absolute atomic E-state index is 0.0310. The summed E-state index contributed by atoms with van der Waals surface area (Å²) in [7, 11) is -1.48. The summed E-state index contributed by atoms with van der Waals surface area (Å²) in [5.41, 5.74) is 5.97. The van der Waals surface area contributed by atoms with Gasteiger partial charge in [-0.3, -0.25) is 4.21 Å². The molecule has 8 heteroatoms. The quantitative estimate of drug-likeness (QED) is 0.659. The second-order valence-corrected chi connectivity index (χ2v) is 5.85. The Labute approximate surface area is 113 Å². The van der Waals surface area contributed by atoms with Gasteiger partial charge in [0.2, 0.25) is 0 Å². The first kappa shape index (κ1) is 15.5. The second kappa shape index (κ2) is 6.53. The molecule has 0 saturated carbocycles. The third-order valence-electron chi connectivity index (χ3n) is 1.90. The molecule has 0 fully saturated rings. The van der Waals surface area contributed by atoms with Gasteiger partial charge in [0, 0.05) is 10.2 Å². The molecule has 0 aliphatic rings. The average Bonchev–Trinajstić information content (AvgIpc) is 2.26. The van der Waals surface area contributed by atoms with E-state index < -0.39 is 23.6 Å². The number of benzene rings is 1. The summed E-state index contributed by atoms with van der Waals surface area (Å²) in [5.74, 6) is -0.0310. The van der Waals surface area contributed by atoms with Crippen LogP contribution in [0.5, 0.6) is 0 Å². The highest BCUT2D eigenvalue weighted by atomic mass is 79.9. The summed E-state index contributed by atoms with van der Waals surface area (Å²) in [4.78, 5) is 0.389. The minimum Gasteiger partial charge on any atom is -0.398 e. The molecule has 1 aromatic rings. The van der Waals surface area contributed by atoms with E-state index in [0.717, 1.165) is 0 Å². The van der Waals surface area contributed by atoms with Crippen molar-refractivity contribution in [3.05, 3.63) is 22.7 Å². The van der Waals surface area contributed by atoms with Gasteiger partial charge in [-0.05, 0) is 18.2 Å². The van der Waals surface area contributed by atoms with Gasteiger partial charge >= 0.3 is 6.18 Å². The van der Waals surface area contributed by atoms with Gasteiger partial charge in [0.25, 0.3) is 0 Å². The molecule has 102 valence electrons. The monoisotopic (exact) mass is 345 g/mol. The van der Waals surface area contributed by atoms with Crippen LogP contribution in [-0.4, -0.2) is 29.4 Å². The van der Waals surface area contributed by atoms with Crippen LogP contribution >= 0.6 is 15.9 Å². The van der Waals surface area contributed by atoms with E-state index in [1.165, 1.54) is 0 Å². The smallest absolute Gasteiger partial charge is 0.398 e. The Hall–Kier alpha value is -0.600. The van der Waals surface area contributed by atoms with E-state index in [0.29, 0.717) is 15.1 Å². The number of nitrogens with two attached hydrogens (primary N) is 1. The van der Waals surface area contributed by atoms with Crippen LogP contribution in [0, 0.1) is 0 Å². The Morgan fingerprint density at radius 2 is 2.06 bits per heavy atom. The molecule has 0 aliphatic carbocycles. The second-order valence-electron chi connectivity index (χ2n) is 3.40. The Morgan fingerprint density at radius 1 is 1.39 bits per heavy atom. The summed E-state index contributed by atoms with van der Waals surface area (Å²) in [6.07, 6.45) is -4.36. The maximum atomic E-state index is 11.8. The van der Waals surface area contributed by atoms with Crippen LogP contribution in [0.3, 0.4) is 0 Å². The Balaban J connectivity index is 2.48. The van der Waals surface area contributed by atoms with Crippen LogP contribution < -0.4 is 5.73 Å². The van der Waals surface area contributed by atoms with E-state index in [9.17, 15) is 17.4 Å². The van der Waals surface area contributed by atoms with E-state index in [4.69, 9.17) is 5.73 Å². The lowest BCUT2D eigenvalue weighted by Crippen LogP contribution is -2.19. The predicted molar refractivity (Wildman–Crippen MR) is 66.7 cm³/mol. The topological polar surface area (TPSA) is 52.3 Å². The molecule has 0 amide bonds. The van der Waals surface area contributed by atoms with Crippen molar-refractivity contribution in [1.82, 2.24) is 0 Å². The molecule has 0 radical (unpaired) electrons. The fourth-order valence-electron chi connectivity index (χ4n) is 1.14. The van der Waals surface area contributed by atoms with Gasteiger partial charge in [0.05, 0.1) is 28.1 Å². The normalized spacial score (nSPS) is 13.6. The van der Waals surface area contributed by atoms with Gasteiger partial charge < -0.3 is 10.5 Å². The molecular weight excluding hydrogens is 335 g/mol. The molecule has 2 N–H and O–H groups in total. The molecule has 0 aliphatic heterocycles. The first-order valence-electron chi connectivity index (χ1n) is 4.87. The molecule has 1 aromatic carbocycles. The van der Waals surface area contributed by atoms with Crippen molar-refractivity contribution in [2.45, 2.75) is 11.1 Å². The van der Waals surface area contributed by atoms with Crippen molar-refractivity contribution < 1.29 is 22.1 Å². The van der Waals surface area contributed by atoms with Gasteiger partial charge in [-0.1, -0.05) is 15.9 Å². The lowest BCUT2D eigenvalue weighted by Gasteiger charge is -2.08. The molecule has 0 saturated heterocycles. The van der Waals surface area contributed by atoms with Crippen LogP contribution in [0.25, 0.3) is 0 Å². The summed E-state index contributed by atoms with van der Waals surface area (Å²) >= 11 is 3.20. The minimum atomic E-state index is -4.36. The van der Waals surface area contributed by atoms with Crippen molar-refractivity contribution in [2.24, 2.45) is 0 Å². The Kier molecular flexibility index (Phi) is 5.61. The number of hydrogen-bond acceptors (Lipinski definition) is 3. The molecular formula is C10H11BrF3NO2S. The fourth-order valence-corrected chi connectivity index (χ4v) is 2.73. The Morgan fingerprint density at radius 3 is 2.67 bits per heavy atom. The highest BCUT2D eigenvalue weighted by Gasteiger charge is 2.27. The number of nitrogen functional groups attached to an aromatic ring is 1. The first-order chi connectivity index (χ1) is 8.29. The average molecular weight is 346 g/mol. The zero-order valence-electron chi connectivity index (χ0n) is 9.17. The third-order valence-corrected chi connectivity index (χ3v) is 3.77. The van der Waals surface area contributed by atoms with Crippen LogP contribution in [0.1, 0.15) is 0 Å². The van der Waals surface area contributed by atoms with E-state index in [2.05, 4.69) is 20.7 Å². The van der Waals surface area contributed by atoms with Gasteiger partial charge in [-0.2, -0.15) is 13.2 Å². The molecule has 0 heterocycles. The standard InChI is InChI=1S/C10H11BrF3NO2S/c11-7-1-2-8(15)9(5-7)18(16)4-3-17-6-10(12,13)14/h1-2,5H,3-4,6,15H2. The van der Waals surface area contributed by atoms with Gasteiger partial charge in [0.15, 0.2) is 0 Å². The lowest BCUT2D eigenvalue weighted by atomic mass is 10.3. The van der Waals surface area contributed by atoms with Crippen molar-refractivity contribution in [3.8, 4) is 0 Å². The van der Waals surface area contributed by atoms with Crippen molar-refractivity contribution in [3.63, 3.8) is 0 Å². The summed E-state index contributed by atoms with van der Waals surface area (Å²) in [6, 6.07) is 4.85. The number of anilines is 1. The zero-order valence-corrected chi connectivity index (χ0v) is 11.6. The molecule has 1 unspecified atom stereocenters. The summed E-state index contributed by atoms with van der Waals surface area (Å²) in [6.45, 7) is -1.57. The summed E-state index contributed by atoms with van der Waals surface area (Å²) in [5, 5.41) is 0. The zero-order chi connectivity index (χ0) is 13.8. The van der Waals surface area contributed by atoms with E-state index in [1.807, 2.05) is 0 Å². The van der Waals surface area contributed by atoms with Crippen molar-refractivity contribution in [2.75, 3.05) is 24.7 Å². The molecule has 0 spiro atoms. The van der Waals surface area contributed by atoms with E-state index >= 15 is 0 Å². The van der Waals surface area contributed by atoms with Crippen LogP contribution in [0.15, 0.2) is 27.6 Å². The van der Waals surface area contributed by atoms with E-state index in [-0.39, 0.29) is 12.4 Å². The largest absolute Gasteiger partial charge is 0.411 e. The van der Waals surface area contributed by atoms with Crippen molar-refractivity contribution in [1.29, 1.82) is 0 Å². The number of ether oxygens (including phenoxy) is 1. The first-order valence-corrected chi connectivity index (χ1v) is 6.98. The highest BCUT2D eigenvalue weighted by Crippen LogP contribution is 2.22. The van der Waals surface area contributed by atoms with E-state index in [1.54, 1.807) is 18.2 Å². The number of hydrogen-bond donors (Lipinski definition) is 1. The van der Waals surface area contributed by atoms with Gasteiger partial charge in [0.1, 0.15) is 6.61 Å². The highest BCUT2D eigenvalue weighted by molar-refractivity contribution is 9.10. The fraction of sp³-hybridized carbons (Fsp3) is 0.400. The van der Waals surface area contributed by atoms with Gasteiger partial charge in [-0.15, -0.1) is 0 Å². The summed E-state index contributed by atoms with van der Waals surface area (Å²) < 4.78 is 52.3. The molecule has 0 bridgehead atoms. The Bertz CT molecular complexity index is 440. The molecule has 0 aromatic heterocycles. The maximum Gasteiger partial charge on any atom is 0.411 e.